The molecule has 2 nitrogen and oxygen atoms in total. The molecule has 7 rings (SSSR count). The number of rotatable bonds is 7. The van der Waals surface area contributed by atoms with Crippen LogP contribution in [0.3, 0.4) is 0 Å². The molecular weight excluding hydrogens is 520 g/mol. The van der Waals surface area contributed by atoms with Crippen molar-refractivity contribution in [3.63, 3.8) is 0 Å². The van der Waals surface area contributed by atoms with Gasteiger partial charge >= 0.3 is 0 Å². The normalized spacial score (nSPS) is 11.3. The highest BCUT2D eigenvalue weighted by Gasteiger charge is 2.38. The third-order valence-electron chi connectivity index (χ3n) is 8.04. The minimum atomic E-state index is -0.543. The number of nitrogens with zero attached hydrogens (tertiary/aromatic N) is 2. The molecular formula is C41H30N2. The van der Waals surface area contributed by atoms with Crippen molar-refractivity contribution in [2.24, 2.45) is 0 Å². The van der Waals surface area contributed by atoms with Crippen LogP contribution in [-0.4, -0.2) is 9.97 Å². The third kappa shape index (κ3) is 5.05. The van der Waals surface area contributed by atoms with Gasteiger partial charge in [0, 0.05) is 16.7 Å². The van der Waals surface area contributed by atoms with Crippen molar-refractivity contribution in [1.29, 1.82) is 0 Å². The minimum Gasteiger partial charge on any atom is -0.228 e. The zero-order valence-corrected chi connectivity index (χ0v) is 23.7. The van der Waals surface area contributed by atoms with Gasteiger partial charge in [-0.2, -0.15) is 0 Å². The number of hydrogen-bond donors (Lipinski definition) is 0. The summed E-state index contributed by atoms with van der Waals surface area (Å²) in [6, 6.07) is 63.8. The molecule has 43 heavy (non-hydrogen) atoms. The van der Waals surface area contributed by atoms with Crippen LogP contribution in [0.2, 0.25) is 0 Å². The van der Waals surface area contributed by atoms with Crippen molar-refractivity contribution < 1.29 is 0 Å². The fourth-order valence-electron chi connectivity index (χ4n) is 6.05. The van der Waals surface area contributed by atoms with E-state index in [2.05, 4.69) is 146 Å². The van der Waals surface area contributed by atoms with Crippen molar-refractivity contribution >= 4 is 0 Å². The summed E-state index contributed by atoms with van der Waals surface area (Å²) >= 11 is 0. The predicted molar refractivity (Wildman–Crippen MR) is 177 cm³/mol. The SMILES string of the molecule is c1ccc(-c2cc(-c3ccccc3)nc(-c3cccc(C(c4ccccc4)(c4ccccc4)c4ccccc4)c3)n2)cc1. The van der Waals surface area contributed by atoms with Crippen LogP contribution in [0.1, 0.15) is 22.3 Å². The Morgan fingerprint density at radius 1 is 0.302 bits per heavy atom. The molecule has 0 spiro atoms. The molecule has 2 heteroatoms. The second-order valence-electron chi connectivity index (χ2n) is 10.6. The third-order valence-corrected chi connectivity index (χ3v) is 8.04. The first-order chi connectivity index (χ1) is 21.3. The molecule has 1 aromatic heterocycles. The molecule has 6 aromatic carbocycles. The van der Waals surface area contributed by atoms with Crippen LogP contribution in [0, 0.1) is 0 Å². The van der Waals surface area contributed by atoms with Crippen molar-refractivity contribution in [2.45, 2.75) is 5.41 Å². The monoisotopic (exact) mass is 550 g/mol. The lowest BCUT2D eigenvalue weighted by Gasteiger charge is -2.37. The van der Waals surface area contributed by atoms with Crippen LogP contribution < -0.4 is 0 Å². The number of hydrogen-bond acceptors (Lipinski definition) is 2. The Bertz CT molecular complexity index is 1780. The van der Waals surface area contributed by atoms with E-state index in [1.807, 2.05) is 36.4 Å². The van der Waals surface area contributed by atoms with E-state index in [1.165, 1.54) is 16.7 Å². The summed E-state index contributed by atoms with van der Waals surface area (Å²) in [5.74, 6) is 0.699. The first-order valence-corrected chi connectivity index (χ1v) is 14.6. The molecule has 0 fully saturated rings. The van der Waals surface area contributed by atoms with Crippen LogP contribution >= 0.6 is 0 Å². The molecule has 0 aliphatic rings. The maximum absolute atomic E-state index is 5.13. The predicted octanol–water partition coefficient (Wildman–Crippen LogP) is 9.86. The quantitative estimate of drug-likeness (QED) is 0.185. The Labute approximate surface area is 253 Å². The summed E-state index contributed by atoms with van der Waals surface area (Å²) in [6.07, 6.45) is 0. The average molecular weight is 551 g/mol. The summed E-state index contributed by atoms with van der Waals surface area (Å²) in [7, 11) is 0. The molecule has 0 N–H and O–H groups in total. The fourth-order valence-corrected chi connectivity index (χ4v) is 6.05. The summed E-state index contributed by atoms with van der Waals surface area (Å²) in [5.41, 5.74) is 9.11. The lowest BCUT2D eigenvalue weighted by atomic mass is 9.65. The molecule has 0 aliphatic carbocycles. The molecule has 0 radical (unpaired) electrons. The van der Waals surface area contributed by atoms with Crippen molar-refractivity contribution in [1.82, 2.24) is 9.97 Å². The summed E-state index contributed by atoms with van der Waals surface area (Å²) in [4.78, 5) is 10.3. The fraction of sp³-hybridized carbons (Fsp3) is 0.0244. The molecule has 0 amide bonds. The molecule has 204 valence electrons. The van der Waals surface area contributed by atoms with E-state index in [1.54, 1.807) is 0 Å². The molecule has 0 aliphatic heterocycles. The Morgan fingerprint density at radius 2 is 0.651 bits per heavy atom. The molecule has 0 atom stereocenters. The topological polar surface area (TPSA) is 25.8 Å². The molecule has 0 bridgehead atoms. The maximum Gasteiger partial charge on any atom is 0.160 e. The lowest BCUT2D eigenvalue weighted by Crippen LogP contribution is -2.31. The standard InChI is InChI=1S/C41H30N2/c1-6-17-31(18-7-1)38-30-39(32-19-8-2-9-20-32)43-40(42-38)33-21-16-28-37(29-33)41(34-22-10-3-11-23-34,35-24-12-4-13-25-35)36-26-14-5-15-27-36/h1-30H. The number of benzene rings is 6. The van der Waals surface area contributed by atoms with Gasteiger partial charge in [-0.3, -0.25) is 0 Å². The lowest BCUT2D eigenvalue weighted by molar-refractivity contribution is 0.745. The van der Waals surface area contributed by atoms with Gasteiger partial charge in [0.2, 0.25) is 0 Å². The van der Waals surface area contributed by atoms with Crippen molar-refractivity contribution in [2.75, 3.05) is 0 Å². The van der Waals surface area contributed by atoms with Gasteiger partial charge < -0.3 is 0 Å². The van der Waals surface area contributed by atoms with Crippen LogP contribution in [-0.2, 0) is 5.41 Å². The highest BCUT2D eigenvalue weighted by Crippen LogP contribution is 2.45. The molecule has 1 heterocycles. The van der Waals surface area contributed by atoms with Crippen LogP contribution in [0.15, 0.2) is 182 Å². The van der Waals surface area contributed by atoms with E-state index >= 15 is 0 Å². The van der Waals surface area contributed by atoms with E-state index < -0.39 is 5.41 Å². The number of aromatic nitrogens is 2. The molecule has 0 unspecified atom stereocenters. The van der Waals surface area contributed by atoms with Gasteiger partial charge in [-0.05, 0) is 34.4 Å². The molecule has 7 aromatic rings. The molecule has 0 saturated heterocycles. The Morgan fingerprint density at radius 3 is 1.07 bits per heavy atom. The average Bonchev–Trinajstić information content (AvgIpc) is 3.11. The zero-order chi connectivity index (χ0) is 28.9. The summed E-state index contributed by atoms with van der Waals surface area (Å²) < 4.78 is 0. The Hall–Kier alpha value is -5.60. The van der Waals surface area contributed by atoms with Gasteiger partial charge in [-0.1, -0.05) is 170 Å². The highest BCUT2D eigenvalue weighted by molar-refractivity contribution is 5.72. The van der Waals surface area contributed by atoms with E-state index in [0.29, 0.717) is 5.82 Å². The van der Waals surface area contributed by atoms with E-state index in [4.69, 9.17) is 9.97 Å². The van der Waals surface area contributed by atoms with E-state index in [0.717, 1.165) is 33.6 Å². The largest absolute Gasteiger partial charge is 0.228 e. The summed E-state index contributed by atoms with van der Waals surface area (Å²) in [6.45, 7) is 0. The van der Waals surface area contributed by atoms with E-state index in [9.17, 15) is 0 Å². The highest BCUT2D eigenvalue weighted by atomic mass is 14.9. The van der Waals surface area contributed by atoms with E-state index in [-0.39, 0.29) is 0 Å². The minimum absolute atomic E-state index is 0.543. The van der Waals surface area contributed by atoms with Gasteiger partial charge in [0.1, 0.15) is 0 Å². The first kappa shape index (κ1) is 26.3. The van der Waals surface area contributed by atoms with Gasteiger partial charge in [0.25, 0.3) is 0 Å². The molecule has 0 saturated carbocycles. The van der Waals surface area contributed by atoms with Crippen LogP contribution in [0.25, 0.3) is 33.9 Å². The van der Waals surface area contributed by atoms with Crippen molar-refractivity contribution in [3.8, 4) is 33.9 Å². The van der Waals surface area contributed by atoms with Crippen molar-refractivity contribution in [3.05, 3.63) is 204 Å². The maximum atomic E-state index is 5.13. The second kappa shape index (κ2) is 11.7. The summed E-state index contributed by atoms with van der Waals surface area (Å²) in [5, 5.41) is 0. The Balaban J connectivity index is 1.48. The van der Waals surface area contributed by atoms with Gasteiger partial charge in [0.05, 0.1) is 16.8 Å². The van der Waals surface area contributed by atoms with Gasteiger partial charge in [0.15, 0.2) is 5.82 Å². The zero-order valence-electron chi connectivity index (χ0n) is 23.7. The van der Waals surface area contributed by atoms with Gasteiger partial charge in [-0.15, -0.1) is 0 Å². The van der Waals surface area contributed by atoms with Gasteiger partial charge in [-0.25, -0.2) is 9.97 Å². The Kier molecular flexibility index (Phi) is 7.17. The van der Waals surface area contributed by atoms with Crippen LogP contribution in [0.4, 0.5) is 0 Å². The smallest absolute Gasteiger partial charge is 0.160 e. The second-order valence-corrected chi connectivity index (χ2v) is 10.6. The van der Waals surface area contributed by atoms with Crippen LogP contribution in [0.5, 0.6) is 0 Å². The first-order valence-electron chi connectivity index (χ1n) is 14.6.